The molecule has 0 aliphatic carbocycles. The molecule has 13 nitrogen and oxygen atoms in total. The van der Waals surface area contributed by atoms with Crippen molar-refractivity contribution in [3.05, 3.63) is 77.9 Å². The van der Waals surface area contributed by atoms with Gasteiger partial charge in [-0.25, -0.2) is 28.8 Å². The molecule has 0 spiro atoms. The average Bonchev–Trinajstić information content (AvgIpc) is 3.61. The predicted octanol–water partition coefficient (Wildman–Crippen LogP) is 3.41. The van der Waals surface area contributed by atoms with Gasteiger partial charge < -0.3 is 19.7 Å². The number of pyridine rings is 1. The second-order valence-corrected chi connectivity index (χ2v) is 11.5. The molecule has 4 atom stereocenters. The number of hydrogen-bond acceptors (Lipinski definition) is 10. The highest BCUT2D eigenvalue weighted by Gasteiger charge is 2.39. The fraction of sp³-hybridized carbons (Fsp3) is 0.387. The molecule has 0 saturated carbocycles. The quantitative estimate of drug-likeness (QED) is 0.265. The monoisotopic (exact) mass is 633 g/mol. The van der Waals surface area contributed by atoms with E-state index < -0.39 is 29.9 Å². The van der Waals surface area contributed by atoms with E-state index in [1.807, 2.05) is 37.3 Å². The Balaban J connectivity index is 1.13. The van der Waals surface area contributed by atoms with E-state index >= 15 is 0 Å². The first-order valence-electron chi connectivity index (χ1n) is 15.0. The molecule has 8 rings (SSSR count). The Labute approximate surface area is 263 Å². The largest absolute Gasteiger partial charge is 0.383 e. The summed E-state index contributed by atoms with van der Waals surface area (Å²) in [5.41, 5.74) is 3.03. The second-order valence-electron chi connectivity index (χ2n) is 11.5. The van der Waals surface area contributed by atoms with E-state index in [4.69, 9.17) is 19.4 Å². The number of ether oxygens (including phenoxy) is 2. The molecule has 15 heteroatoms. The van der Waals surface area contributed by atoms with Gasteiger partial charge in [0.2, 0.25) is 11.9 Å². The fourth-order valence-corrected chi connectivity index (χ4v) is 6.05. The Bertz CT molecular complexity index is 1690. The molecule has 240 valence electrons. The molecule has 0 radical (unpaired) electrons. The average molecular weight is 634 g/mol. The van der Waals surface area contributed by atoms with Gasteiger partial charge in [0.1, 0.15) is 17.6 Å². The van der Waals surface area contributed by atoms with Crippen LogP contribution in [0.15, 0.2) is 55.0 Å². The maximum atomic E-state index is 14.1. The van der Waals surface area contributed by atoms with Gasteiger partial charge in [-0.3, -0.25) is 10.2 Å². The minimum atomic E-state index is -1.21. The fourth-order valence-electron chi connectivity index (χ4n) is 6.05. The number of halogens is 2. The molecule has 1 aromatic carbocycles. The van der Waals surface area contributed by atoms with Gasteiger partial charge in [0.15, 0.2) is 5.82 Å². The van der Waals surface area contributed by atoms with Gasteiger partial charge >= 0.3 is 6.03 Å². The van der Waals surface area contributed by atoms with Gasteiger partial charge in [0.05, 0.1) is 30.5 Å². The van der Waals surface area contributed by atoms with Crippen LogP contribution in [-0.4, -0.2) is 94.0 Å². The van der Waals surface area contributed by atoms with Crippen molar-refractivity contribution in [3.8, 4) is 16.9 Å². The number of hydrogen-bond donors (Lipinski definition) is 2. The Morgan fingerprint density at radius 3 is 2.50 bits per heavy atom. The molecule has 4 aromatic rings. The molecule has 4 aliphatic rings. The van der Waals surface area contributed by atoms with Crippen LogP contribution < -0.4 is 15.5 Å². The van der Waals surface area contributed by atoms with Gasteiger partial charge in [-0.05, 0) is 25.1 Å². The van der Waals surface area contributed by atoms with Crippen molar-refractivity contribution in [3.63, 3.8) is 0 Å². The predicted molar refractivity (Wildman–Crippen MR) is 162 cm³/mol. The van der Waals surface area contributed by atoms with Crippen LogP contribution in [0.25, 0.3) is 16.9 Å². The van der Waals surface area contributed by atoms with Gasteiger partial charge in [-0.2, -0.15) is 14.6 Å². The summed E-state index contributed by atoms with van der Waals surface area (Å²) in [4.78, 5) is 34.4. The summed E-state index contributed by atoms with van der Waals surface area (Å²) in [7, 11) is 1.56. The van der Waals surface area contributed by atoms with E-state index in [1.54, 1.807) is 29.2 Å². The Morgan fingerprint density at radius 1 is 1.07 bits per heavy atom. The van der Waals surface area contributed by atoms with E-state index in [9.17, 15) is 13.6 Å². The van der Waals surface area contributed by atoms with Crippen LogP contribution in [0.1, 0.15) is 23.7 Å². The molecule has 2 amide bonds. The first-order valence-corrected chi connectivity index (χ1v) is 15.0. The van der Waals surface area contributed by atoms with Gasteiger partial charge in [0.25, 0.3) is 0 Å². The first kappa shape index (κ1) is 30.1. The number of piperidine rings is 1. The van der Waals surface area contributed by atoms with Crippen molar-refractivity contribution in [2.24, 2.45) is 0 Å². The summed E-state index contributed by atoms with van der Waals surface area (Å²) in [6.07, 6.45) is 5.42. The number of urea groups is 1. The minimum Gasteiger partial charge on any atom is -0.383 e. The smallest absolute Gasteiger partial charge is 0.320 e. The summed E-state index contributed by atoms with van der Waals surface area (Å²) < 4.78 is 40.2. The van der Waals surface area contributed by atoms with Crippen LogP contribution in [0.2, 0.25) is 0 Å². The molecule has 46 heavy (non-hydrogen) atoms. The van der Waals surface area contributed by atoms with Crippen LogP contribution in [-0.2, 0) is 14.3 Å². The topological polar surface area (TPSA) is 132 Å². The van der Waals surface area contributed by atoms with E-state index in [-0.39, 0.29) is 24.3 Å². The van der Waals surface area contributed by atoms with E-state index in [0.29, 0.717) is 41.7 Å². The number of nitrogens with one attached hydrogen (secondary N) is 2. The van der Waals surface area contributed by atoms with Gasteiger partial charge in [0, 0.05) is 75.0 Å². The van der Waals surface area contributed by atoms with Crippen LogP contribution in [0.5, 0.6) is 0 Å². The SMILES string of the molecule is COCCN1C[C@@H](NC(=O)Nc2c(C)c(-c3cnc(N4CC5CC(C4)O5)nc3)nn2-c2ccccc2)[C@H](c2cnc(F)c(F)c2)O1. The zero-order valence-electron chi connectivity index (χ0n) is 25.3. The number of carbonyl (C=O) groups is 1. The Kier molecular flexibility index (Phi) is 8.29. The second kappa shape index (κ2) is 12.7. The molecule has 4 aliphatic heterocycles. The van der Waals surface area contributed by atoms with E-state index in [0.717, 1.165) is 31.3 Å². The summed E-state index contributed by atoms with van der Waals surface area (Å²) in [6.45, 7) is 4.45. The van der Waals surface area contributed by atoms with Gasteiger partial charge in [-0.15, -0.1) is 0 Å². The lowest BCUT2D eigenvalue weighted by atomic mass is 9.99. The van der Waals surface area contributed by atoms with Crippen molar-refractivity contribution < 1.29 is 27.9 Å². The third-order valence-corrected chi connectivity index (χ3v) is 8.34. The number of morpholine rings is 1. The number of rotatable bonds is 9. The third kappa shape index (κ3) is 6.01. The van der Waals surface area contributed by atoms with Crippen molar-refractivity contribution in [1.29, 1.82) is 0 Å². The normalized spacial score (nSPS) is 22.5. The van der Waals surface area contributed by atoms with E-state index in [2.05, 4.69) is 30.5 Å². The standard InChI is InChI=1S/C31H33F2N9O4/c1-18-26(20-13-35-30(36-14-20)40-15-22-11-23(16-40)45-22)39-42(21-6-4-3-5-7-21)29(18)38-31(43)37-25-17-41(8-9-44-2)46-27(25)19-10-24(32)28(33)34-12-19/h3-7,10,12-14,22-23,25,27H,8-9,11,15-17H2,1-2H3,(H2,37,38,43)/t22?,23?,25-,27+/m1/s1. The lowest BCUT2D eigenvalue weighted by Crippen LogP contribution is -2.57. The van der Waals surface area contributed by atoms with Crippen LogP contribution >= 0.6 is 0 Å². The molecule has 2 bridgehead atoms. The number of fused-ring (bicyclic) bond motifs is 2. The van der Waals surface area contributed by atoms with Crippen LogP contribution in [0, 0.1) is 18.7 Å². The molecular weight excluding hydrogens is 600 g/mol. The highest BCUT2D eigenvalue weighted by atomic mass is 19.2. The number of amides is 2. The molecule has 2 N–H and O–H groups in total. The number of carbonyl (C=O) groups excluding carboxylic acids is 1. The first-order chi connectivity index (χ1) is 22.4. The highest BCUT2D eigenvalue weighted by Crippen LogP contribution is 2.33. The molecule has 3 aromatic heterocycles. The third-order valence-electron chi connectivity index (χ3n) is 8.34. The molecule has 4 fully saturated rings. The van der Waals surface area contributed by atoms with Gasteiger partial charge in [-0.1, -0.05) is 18.2 Å². The van der Waals surface area contributed by atoms with Crippen molar-refractivity contribution >= 4 is 17.8 Å². The number of para-hydroxylation sites is 1. The van der Waals surface area contributed by atoms with Crippen LogP contribution in [0.3, 0.4) is 0 Å². The summed E-state index contributed by atoms with van der Waals surface area (Å²) in [5, 5.41) is 12.4. The minimum absolute atomic E-state index is 0.235. The number of aromatic nitrogens is 5. The summed E-state index contributed by atoms with van der Waals surface area (Å²) >= 11 is 0. The molecule has 4 saturated heterocycles. The zero-order valence-corrected chi connectivity index (χ0v) is 25.3. The highest BCUT2D eigenvalue weighted by molar-refractivity contribution is 5.91. The lowest BCUT2D eigenvalue weighted by molar-refractivity contribution is -0.154. The van der Waals surface area contributed by atoms with Crippen molar-refractivity contribution in [2.75, 3.05) is 50.1 Å². The maximum absolute atomic E-state index is 14.1. The van der Waals surface area contributed by atoms with Crippen molar-refractivity contribution in [2.45, 2.75) is 37.7 Å². The number of anilines is 2. The molecular formula is C31H33F2N9O4. The Hall–Kier alpha value is -4.57. The van der Waals surface area contributed by atoms with Crippen molar-refractivity contribution in [1.82, 2.24) is 35.1 Å². The lowest BCUT2D eigenvalue weighted by Gasteiger charge is -2.46. The zero-order chi connectivity index (χ0) is 31.8. The van der Waals surface area contributed by atoms with Crippen LogP contribution in [0.4, 0.5) is 25.3 Å². The molecule has 2 unspecified atom stereocenters. The summed E-state index contributed by atoms with van der Waals surface area (Å²) in [5.74, 6) is -1.23. The van der Waals surface area contributed by atoms with E-state index in [1.165, 1.54) is 6.20 Å². The number of nitrogens with zero attached hydrogens (tertiary/aromatic N) is 7. The summed E-state index contributed by atoms with van der Waals surface area (Å²) in [6, 6.07) is 9.29. The number of hydroxylamine groups is 2. The Morgan fingerprint density at radius 2 is 1.80 bits per heavy atom. The maximum Gasteiger partial charge on any atom is 0.320 e. The number of benzene rings is 1. The molecule has 7 heterocycles. The number of methoxy groups -OCH3 is 1.